The van der Waals surface area contributed by atoms with Crippen LogP contribution in [0.1, 0.15) is 70.6 Å². The molecule has 4 heterocycles. The molecule has 1 amide bonds. The standard InChI is InChI=1S/C26H22F2N6O3/c1-33-18-8-15(20-14(23(33)35)4-2-5-19(20)37-25(27)28)21-17-9-16(31-12-34(17)32-22(18)21)13-10-29-24(30-11-13)26(36)6-3-7-26/h2,4-5,9-12,15,18,25,36H,3,6-8H2,1H3. The summed E-state index contributed by atoms with van der Waals surface area (Å²) in [5.41, 5.74) is 3.49. The Bertz CT molecular complexity index is 1570. The second kappa shape index (κ2) is 7.75. The topological polar surface area (TPSA) is 106 Å². The van der Waals surface area contributed by atoms with Crippen molar-refractivity contribution < 1.29 is 23.4 Å². The second-order valence-corrected chi connectivity index (χ2v) is 9.90. The highest BCUT2D eigenvalue weighted by Gasteiger charge is 2.46. The van der Waals surface area contributed by atoms with Gasteiger partial charge in [-0.15, -0.1) is 0 Å². The van der Waals surface area contributed by atoms with Gasteiger partial charge in [-0.1, -0.05) is 6.07 Å². The zero-order valence-electron chi connectivity index (χ0n) is 19.8. The zero-order chi connectivity index (χ0) is 25.5. The van der Waals surface area contributed by atoms with Crippen molar-refractivity contribution in [2.24, 2.45) is 0 Å². The van der Waals surface area contributed by atoms with Gasteiger partial charge in [0.15, 0.2) is 5.82 Å². The highest BCUT2D eigenvalue weighted by molar-refractivity contribution is 5.98. The number of ether oxygens (including phenoxy) is 1. The Morgan fingerprint density at radius 1 is 1.16 bits per heavy atom. The number of carbonyl (C=O) groups is 1. The van der Waals surface area contributed by atoms with Crippen molar-refractivity contribution in [2.75, 3.05) is 7.05 Å². The minimum atomic E-state index is -3.01. The van der Waals surface area contributed by atoms with Gasteiger partial charge in [-0.25, -0.2) is 19.5 Å². The molecule has 1 fully saturated rings. The summed E-state index contributed by atoms with van der Waals surface area (Å²) in [6, 6.07) is 6.25. The van der Waals surface area contributed by atoms with E-state index in [0.717, 1.165) is 23.2 Å². The van der Waals surface area contributed by atoms with Crippen LogP contribution in [0.5, 0.6) is 5.75 Å². The molecule has 37 heavy (non-hydrogen) atoms. The first-order valence-electron chi connectivity index (χ1n) is 12.1. The summed E-state index contributed by atoms with van der Waals surface area (Å²) < 4.78 is 33.1. The Kier molecular flexibility index (Phi) is 4.66. The van der Waals surface area contributed by atoms with Crippen LogP contribution < -0.4 is 4.74 Å². The molecule has 9 nitrogen and oxygen atoms in total. The average Bonchev–Trinajstić information content (AvgIpc) is 3.40. The normalized spacial score (nSPS) is 21.5. The maximum absolute atomic E-state index is 13.3. The summed E-state index contributed by atoms with van der Waals surface area (Å²) in [6.07, 6.45) is 7.64. The summed E-state index contributed by atoms with van der Waals surface area (Å²) in [5, 5.41) is 15.3. The van der Waals surface area contributed by atoms with Gasteiger partial charge in [-0.3, -0.25) is 4.79 Å². The first-order chi connectivity index (χ1) is 17.8. The van der Waals surface area contributed by atoms with E-state index >= 15 is 0 Å². The molecule has 0 radical (unpaired) electrons. The van der Waals surface area contributed by atoms with E-state index in [-0.39, 0.29) is 23.6 Å². The number of hydrogen-bond donors (Lipinski definition) is 1. The molecule has 188 valence electrons. The van der Waals surface area contributed by atoms with Crippen LogP contribution >= 0.6 is 0 Å². The number of rotatable bonds is 4. The molecule has 11 heteroatoms. The van der Waals surface area contributed by atoms with Crippen LogP contribution in [0.2, 0.25) is 0 Å². The van der Waals surface area contributed by atoms with Gasteiger partial charge in [-0.05, 0) is 43.9 Å². The van der Waals surface area contributed by atoms with Gasteiger partial charge in [0, 0.05) is 47.6 Å². The molecular weight excluding hydrogens is 482 g/mol. The van der Waals surface area contributed by atoms with Gasteiger partial charge in [0.05, 0.1) is 22.9 Å². The molecule has 2 atom stereocenters. The molecule has 3 aliphatic rings. The molecule has 2 aliphatic carbocycles. The fraction of sp³-hybridized carbons (Fsp3) is 0.346. The minimum absolute atomic E-state index is 0.000652. The number of nitrogens with zero attached hydrogens (tertiary/aromatic N) is 6. The van der Waals surface area contributed by atoms with Crippen molar-refractivity contribution in [3.63, 3.8) is 0 Å². The van der Waals surface area contributed by atoms with Crippen molar-refractivity contribution in [2.45, 2.75) is 49.9 Å². The number of amides is 1. The molecule has 2 unspecified atom stereocenters. The van der Waals surface area contributed by atoms with Crippen LogP contribution in [-0.2, 0) is 5.60 Å². The molecule has 1 aliphatic heterocycles. The molecule has 1 saturated carbocycles. The third-order valence-electron chi connectivity index (χ3n) is 7.91. The molecule has 1 aromatic carbocycles. The number of aliphatic hydroxyl groups is 1. The lowest BCUT2D eigenvalue weighted by Crippen LogP contribution is -2.35. The lowest BCUT2D eigenvalue weighted by molar-refractivity contribution is -0.0506. The number of alkyl halides is 2. The number of benzene rings is 1. The van der Waals surface area contributed by atoms with E-state index in [4.69, 9.17) is 9.84 Å². The van der Waals surface area contributed by atoms with Crippen LogP contribution in [0.15, 0.2) is 43.0 Å². The zero-order valence-corrected chi connectivity index (χ0v) is 19.8. The molecule has 2 bridgehead atoms. The molecule has 0 spiro atoms. The fourth-order valence-corrected chi connectivity index (χ4v) is 5.87. The van der Waals surface area contributed by atoms with Crippen molar-refractivity contribution in [3.8, 4) is 17.0 Å². The SMILES string of the molecule is CN1C(=O)c2cccc(OC(F)F)c2C2CC1c1nn3cnc(-c4cnc(C5(O)CCC5)nc4)cc3c12. The van der Waals surface area contributed by atoms with Crippen molar-refractivity contribution in [3.05, 3.63) is 71.2 Å². The average molecular weight is 504 g/mol. The van der Waals surface area contributed by atoms with Crippen LogP contribution in [0, 0.1) is 0 Å². The Morgan fingerprint density at radius 2 is 1.95 bits per heavy atom. The van der Waals surface area contributed by atoms with Gasteiger partial charge in [-0.2, -0.15) is 13.9 Å². The Morgan fingerprint density at radius 3 is 2.65 bits per heavy atom. The van der Waals surface area contributed by atoms with E-state index in [1.54, 1.807) is 47.3 Å². The lowest BCUT2D eigenvalue weighted by Gasteiger charge is -2.34. The van der Waals surface area contributed by atoms with E-state index in [1.807, 2.05) is 6.07 Å². The van der Waals surface area contributed by atoms with Crippen molar-refractivity contribution >= 4 is 11.4 Å². The molecule has 1 N–H and O–H groups in total. The molecular formula is C26H22F2N6O3. The summed E-state index contributed by atoms with van der Waals surface area (Å²) in [7, 11) is 1.71. The first kappa shape index (κ1) is 22.2. The highest BCUT2D eigenvalue weighted by Crippen LogP contribution is 2.53. The third kappa shape index (κ3) is 3.19. The first-order valence-corrected chi connectivity index (χ1v) is 12.1. The maximum Gasteiger partial charge on any atom is 0.387 e. The summed E-state index contributed by atoms with van der Waals surface area (Å²) in [5.74, 6) is -0.207. The maximum atomic E-state index is 13.3. The van der Waals surface area contributed by atoms with Crippen LogP contribution in [-0.4, -0.2) is 54.1 Å². The van der Waals surface area contributed by atoms with Crippen LogP contribution in [0.4, 0.5) is 8.78 Å². The van der Waals surface area contributed by atoms with Gasteiger partial charge in [0.1, 0.15) is 17.7 Å². The molecule has 3 aromatic heterocycles. The number of aromatic nitrogens is 5. The summed E-state index contributed by atoms with van der Waals surface area (Å²) >= 11 is 0. The van der Waals surface area contributed by atoms with Gasteiger partial charge in [0.2, 0.25) is 0 Å². The molecule has 4 aromatic rings. The summed E-state index contributed by atoms with van der Waals surface area (Å²) in [4.78, 5) is 28.2. The monoisotopic (exact) mass is 504 g/mol. The molecule has 7 rings (SSSR count). The highest BCUT2D eigenvalue weighted by atomic mass is 19.3. The Labute approximate surface area is 209 Å². The lowest BCUT2D eigenvalue weighted by atomic mass is 9.79. The minimum Gasteiger partial charge on any atom is -0.434 e. The Hall–Kier alpha value is -3.99. The number of carbonyl (C=O) groups excluding carboxylic acids is 1. The van der Waals surface area contributed by atoms with E-state index in [9.17, 15) is 18.7 Å². The quantitative estimate of drug-likeness (QED) is 0.450. The van der Waals surface area contributed by atoms with E-state index in [1.165, 1.54) is 6.07 Å². The van der Waals surface area contributed by atoms with Crippen LogP contribution in [0.25, 0.3) is 16.8 Å². The predicted molar refractivity (Wildman–Crippen MR) is 126 cm³/mol. The third-order valence-corrected chi connectivity index (χ3v) is 7.91. The predicted octanol–water partition coefficient (Wildman–Crippen LogP) is 3.82. The number of fused-ring (bicyclic) bond motifs is 9. The van der Waals surface area contributed by atoms with E-state index in [2.05, 4.69) is 15.0 Å². The number of halogens is 2. The van der Waals surface area contributed by atoms with Gasteiger partial charge < -0.3 is 14.7 Å². The number of hydrogen-bond acceptors (Lipinski definition) is 7. The Balaban J connectivity index is 1.37. The van der Waals surface area contributed by atoms with E-state index < -0.39 is 12.2 Å². The second-order valence-electron chi connectivity index (χ2n) is 9.90. The molecule has 0 saturated heterocycles. The smallest absolute Gasteiger partial charge is 0.387 e. The van der Waals surface area contributed by atoms with Gasteiger partial charge >= 0.3 is 6.61 Å². The van der Waals surface area contributed by atoms with Gasteiger partial charge in [0.25, 0.3) is 5.91 Å². The largest absolute Gasteiger partial charge is 0.434 e. The van der Waals surface area contributed by atoms with E-state index in [0.29, 0.717) is 47.5 Å². The summed E-state index contributed by atoms with van der Waals surface area (Å²) in [6.45, 7) is -3.01. The van der Waals surface area contributed by atoms with Crippen LogP contribution in [0.3, 0.4) is 0 Å². The fourth-order valence-electron chi connectivity index (χ4n) is 5.87. The van der Waals surface area contributed by atoms with Crippen molar-refractivity contribution in [1.29, 1.82) is 0 Å². The van der Waals surface area contributed by atoms with Crippen molar-refractivity contribution in [1.82, 2.24) is 29.5 Å².